The molecule has 0 spiro atoms. The quantitative estimate of drug-likeness (QED) is 0.463. The van der Waals surface area contributed by atoms with Gasteiger partial charge in [-0.25, -0.2) is 0 Å². The summed E-state index contributed by atoms with van der Waals surface area (Å²) < 4.78 is 1.70. The van der Waals surface area contributed by atoms with E-state index in [1.54, 1.807) is 23.0 Å². The molecule has 0 fully saturated rings. The van der Waals surface area contributed by atoms with Gasteiger partial charge in [0.05, 0.1) is 24.0 Å². The lowest BCUT2D eigenvalue weighted by molar-refractivity contribution is 0.479. The summed E-state index contributed by atoms with van der Waals surface area (Å²) in [5.74, 6) is 0.0341. The molecule has 0 aliphatic rings. The maximum absolute atomic E-state index is 13.7. The number of aromatic hydroxyl groups is 1. The van der Waals surface area contributed by atoms with Crippen LogP contribution in [-0.4, -0.2) is 19.6 Å². The minimum atomic E-state index is -0.134. The number of aromatic nitrogens is 3. The second-order valence-electron chi connectivity index (χ2n) is 7.29. The second-order valence-corrected chi connectivity index (χ2v) is 7.29. The highest BCUT2D eigenvalue weighted by atomic mass is 16.3. The third-order valence-electron chi connectivity index (χ3n) is 5.33. The molecule has 150 valence electrons. The van der Waals surface area contributed by atoms with Gasteiger partial charge in [0.2, 0.25) is 0 Å². The summed E-state index contributed by atoms with van der Waals surface area (Å²) in [4.78, 5) is 22.3. The average molecular weight is 405 g/mol. The van der Waals surface area contributed by atoms with Crippen LogP contribution in [0.4, 0.5) is 0 Å². The smallest absolute Gasteiger partial charge is 0.259 e. The van der Waals surface area contributed by atoms with E-state index in [9.17, 15) is 9.90 Å². The third-order valence-corrected chi connectivity index (χ3v) is 5.33. The molecule has 0 atom stereocenters. The predicted octanol–water partition coefficient (Wildman–Crippen LogP) is 4.88. The molecule has 0 aliphatic carbocycles. The Kier molecular flexibility index (Phi) is 4.77. The SMILES string of the molecule is O=c1c(-c2ccccc2)cc2c(O)cnc(-c3ccncc3)c2n1Cc1ccccc1. The fourth-order valence-corrected chi connectivity index (χ4v) is 3.84. The Labute approximate surface area is 178 Å². The molecular weight excluding hydrogens is 386 g/mol. The number of hydrogen-bond acceptors (Lipinski definition) is 4. The third kappa shape index (κ3) is 3.46. The number of pyridine rings is 3. The van der Waals surface area contributed by atoms with Crippen LogP contribution in [0.3, 0.4) is 0 Å². The van der Waals surface area contributed by atoms with Crippen LogP contribution in [0.5, 0.6) is 5.75 Å². The molecule has 0 radical (unpaired) electrons. The van der Waals surface area contributed by atoms with Gasteiger partial charge in [0.1, 0.15) is 5.75 Å². The molecule has 31 heavy (non-hydrogen) atoms. The van der Waals surface area contributed by atoms with Gasteiger partial charge in [0.15, 0.2) is 0 Å². The molecule has 5 rings (SSSR count). The lowest BCUT2D eigenvalue weighted by Gasteiger charge is -2.17. The maximum atomic E-state index is 13.7. The first-order valence-corrected chi connectivity index (χ1v) is 9.97. The molecule has 0 unspecified atom stereocenters. The van der Waals surface area contributed by atoms with Gasteiger partial charge in [-0.3, -0.25) is 14.8 Å². The van der Waals surface area contributed by atoms with Gasteiger partial charge in [0.25, 0.3) is 5.56 Å². The summed E-state index contributed by atoms with van der Waals surface area (Å²) in [5.41, 5.74) is 4.24. The zero-order valence-electron chi connectivity index (χ0n) is 16.6. The first kappa shape index (κ1) is 18.8. The van der Waals surface area contributed by atoms with Crippen LogP contribution in [0.15, 0.2) is 102 Å². The molecule has 5 aromatic rings. The zero-order chi connectivity index (χ0) is 21.2. The van der Waals surface area contributed by atoms with E-state index in [0.717, 1.165) is 16.7 Å². The van der Waals surface area contributed by atoms with E-state index in [-0.39, 0.29) is 11.3 Å². The predicted molar refractivity (Wildman–Crippen MR) is 122 cm³/mol. The zero-order valence-corrected chi connectivity index (χ0v) is 16.6. The topological polar surface area (TPSA) is 68.0 Å². The van der Waals surface area contributed by atoms with E-state index >= 15 is 0 Å². The molecule has 5 heteroatoms. The highest BCUT2D eigenvalue weighted by Gasteiger charge is 2.18. The Bertz CT molecular complexity index is 1410. The second kappa shape index (κ2) is 7.88. The normalized spacial score (nSPS) is 11.0. The highest BCUT2D eigenvalue weighted by Crippen LogP contribution is 2.33. The molecule has 1 N–H and O–H groups in total. The van der Waals surface area contributed by atoms with Crippen molar-refractivity contribution in [3.8, 4) is 28.1 Å². The molecule has 0 aliphatic heterocycles. The van der Waals surface area contributed by atoms with Crippen molar-refractivity contribution in [1.29, 1.82) is 0 Å². The Morgan fingerprint density at radius 2 is 1.52 bits per heavy atom. The molecule has 3 aromatic heterocycles. The van der Waals surface area contributed by atoms with Crippen molar-refractivity contribution < 1.29 is 5.11 Å². The minimum absolute atomic E-state index is 0.0341. The summed E-state index contributed by atoms with van der Waals surface area (Å²) in [6.45, 7) is 0.361. The monoisotopic (exact) mass is 405 g/mol. The van der Waals surface area contributed by atoms with Gasteiger partial charge >= 0.3 is 0 Å². The van der Waals surface area contributed by atoms with Crippen LogP contribution >= 0.6 is 0 Å². The Morgan fingerprint density at radius 1 is 0.839 bits per heavy atom. The van der Waals surface area contributed by atoms with Crippen molar-refractivity contribution in [3.05, 3.63) is 113 Å². The van der Waals surface area contributed by atoms with E-state index in [1.807, 2.05) is 72.8 Å². The summed E-state index contributed by atoms with van der Waals surface area (Å²) in [6.07, 6.45) is 4.81. The van der Waals surface area contributed by atoms with Gasteiger partial charge in [-0.1, -0.05) is 60.7 Å². The highest BCUT2D eigenvalue weighted by molar-refractivity contribution is 5.97. The summed E-state index contributed by atoms with van der Waals surface area (Å²) in [5, 5.41) is 11.3. The number of benzene rings is 2. The van der Waals surface area contributed by atoms with E-state index in [4.69, 9.17) is 0 Å². The Balaban J connectivity index is 1.88. The molecule has 5 nitrogen and oxygen atoms in total. The van der Waals surface area contributed by atoms with Gasteiger partial charge < -0.3 is 9.67 Å². The average Bonchev–Trinajstić information content (AvgIpc) is 2.83. The van der Waals surface area contributed by atoms with Crippen LogP contribution in [0, 0.1) is 0 Å². The first-order chi connectivity index (χ1) is 15.2. The summed E-state index contributed by atoms with van der Waals surface area (Å²) in [6, 6.07) is 24.8. The Hall–Kier alpha value is -4.25. The van der Waals surface area contributed by atoms with Crippen LogP contribution in [0.25, 0.3) is 33.3 Å². The molecular formula is C26H19N3O2. The summed E-state index contributed by atoms with van der Waals surface area (Å²) in [7, 11) is 0. The largest absolute Gasteiger partial charge is 0.506 e. The van der Waals surface area contributed by atoms with E-state index in [0.29, 0.717) is 28.7 Å². The van der Waals surface area contributed by atoms with Crippen molar-refractivity contribution in [2.45, 2.75) is 6.54 Å². The van der Waals surface area contributed by atoms with Gasteiger partial charge in [-0.05, 0) is 29.3 Å². The lowest BCUT2D eigenvalue weighted by atomic mass is 10.0. The van der Waals surface area contributed by atoms with Gasteiger partial charge in [-0.15, -0.1) is 0 Å². The number of rotatable bonds is 4. The fourth-order valence-electron chi connectivity index (χ4n) is 3.84. The standard InChI is InChI=1S/C26H19N3O2/c30-23-16-28-24(20-11-13-27-14-12-20)25-22(23)15-21(19-9-5-2-6-10-19)26(31)29(25)17-18-7-3-1-4-8-18/h1-16,30H,17H2. The van der Waals surface area contributed by atoms with Gasteiger partial charge in [0, 0.05) is 28.9 Å². The van der Waals surface area contributed by atoms with Crippen molar-refractivity contribution in [3.63, 3.8) is 0 Å². The van der Waals surface area contributed by atoms with E-state index in [1.165, 1.54) is 6.20 Å². The first-order valence-electron chi connectivity index (χ1n) is 9.97. The molecule has 3 heterocycles. The van der Waals surface area contributed by atoms with Crippen LogP contribution in [0.1, 0.15) is 5.56 Å². The molecule has 2 aromatic carbocycles. The Morgan fingerprint density at radius 3 is 2.23 bits per heavy atom. The van der Waals surface area contributed by atoms with Crippen molar-refractivity contribution in [1.82, 2.24) is 14.5 Å². The van der Waals surface area contributed by atoms with E-state index < -0.39 is 0 Å². The van der Waals surface area contributed by atoms with Crippen LogP contribution in [-0.2, 0) is 6.54 Å². The lowest BCUT2D eigenvalue weighted by Crippen LogP contribution is -2.23. The van der Waals surface area contributed by atoms with Crippen LogP contribution < -0.4 is 5.56 Å². The molecule has 0 saturated carbocycles. The number of hydrogen-bond donors (Lipinski definition) is 1. The molecule has 0 saturated heterocycles. The fraction of sp³-hybridized carbons (Fsp3) is 0.0385. The minimum Gasteiger partial charge on any atom is -0.506 e. The van der Waals surface area contributed by atoms with Crippen molar-refractivity contribution in [2.24, 2.45) is 0 Å². The van der Waals surface area contributed by atoms with Crippen molar-refractivity contribution in [2.75, 3.05) is 0 Å². The van der Waals surface area contributed by atoms with Crippen molar-refractivity contribution >= 4 is 10.9 Å². The van der Waals surface area contributed by atoms with Crippen LogP contribution in [0.2, 0.25) is 0 Å². The van der Waals surface area contributed by atoms with Gasteiger partial charge in [-0.2, -0.15) is 0 Å². The number of fused-ring (bicyclic) bond motifs is 1. The number of nitrogens with zero attached hydrogens (tertiary/aromatic N) is 3. The van der Waals surface area contributed by atoms with E-state index in [2.05, 4.69) is 9.97 Å². The maximum Gasteiger partial charge on any atom is 0.259 e. The molecule has 0 amide bonds. The molecule has 0 bridgehead atoms. The summed E-state index contributed by atoms with van der Waals surface area (Å²) >= 11 is 0.